The Morgan fingerprint density at radius 1 is 1.09 bits per heavy atom. The van der Waals surface area contributed by atoms with E-state index in [2.05, 4.69) is 53.8 Å². The molecule has 3 aromatic rings. The number of hydrogen-bond donors (Lipinski definition) is 2. The first-order chi connectivity index (χ1) is 10.6. The van der Waals surface area contributed by atoms with Gasteiger partial charge in [0.25, 0.3) is 0 Å². The number of nitrogen functional groups attached to an aromatic ring is 1. The van der Waals surface area contributed by atoms with Gasteiger partial charge < -0.3 is 11.1 Å². The number of anilines is 3. The molecule has 0 spiro atoms. The van der Waals surface area contributed by atoms with Crippen LogP contribution in [0.2, 0.25) is 0 Å². The molecule has 3 N–H and O–H groups in total. The van der Waals surface area contributed by atoms with Crippen molar-refractivity contribution in [3.8, 4) is 11.3 Å². The van der Waals surface area contributed by atoms with Gasteiger partial charge in [-0.25, -0.2) is 4.98 Å². The van der Waals surface area contributed by atoms with Crippen molar-refractivity contribution >= 4 is 27.8 Å². The van der Waals surface area contributed by atoms with Gasteiger partial charge in [0.2, 0.25) is 0 Å². The molecular formula is C18H19N3S. The molecule has 1 aromatic heterocycles. The second-order valence-corrected chi connectivity index (χ2v) is 6.42. The van der Waals surface area contributed by atoms with Gasteiger partial charge in [0.1, 0.15) is 0 Å². The van der Waals surface area contributed by atoms with Crippen LogP contribution in [0.1, 0.15) is 25.3 Å². The van der Waals surface area contributed by atoms with Crippen molar-refractivity contribution in [2.45, 2.75) is 19.8 Å². The summed E-state index contributed by atoms with van der Waals surface area (Å²) in [6.07, 6.45) is 0. The number of rotatable bonds is 4. The second-order valence-electron chi connectivity index (χ2n) is 5.57. The van der Waals surface area contributed by atoms with E-state index in [1.807, 2.05) is 24.3 Å². The lowest BCUT2D eigenvalue weighted by Crippen LogP contribution is -1.91. The Morgan fingerprint density at radius 3 is 2.55 bits per heavy atom. The maximum absolute atomic E-state index is 5.79. The number of nitrogens with two attached hydrogens (primary N) is 1. The van der Waals surface area contributed by atoms with E-state index in [1.54, 1.807) is 11.3 Å². The molecule has 0 atom stereocenters. The smallest absolute Gasteiger partial charge is 0.187 e. The molecule has 0 saturated carbocycles. The normalized spacial score (nSPS) is 10.9. The zero-order valence-electron chi connectivity index (χ0n) is 12.7. The van der Waals surface area contributed by atoms with Crippen LogP contribution in [0.5, 0.6) is 0 Å². The Morgan fingerprint density at radius 2 is 1.86 bits per heavy atom. The average molecular weight is 309 g/mol. The van der Waals surface area contributed by atoms with Crippen LogP contribution in [0.4, 0.5) is 16.5 Å². The van der Waals surface area contributed by atoms with Crippen LogP contribution < -0.4 is 11.1 Å². The Kier molecular flexibility index (Phi) is 4.11. The van der Waals surface area contributed by atoms with Crippen LogP contribution in [0.25, 0.3) is 11.3 Å². The molecule has 0 saturated heterocycles. The van der Waals surface area contributed by atoms with Crippen LogP contribution in [0.15, 0.2) is 53.9 Å². The maximum atomic E-state index is 5.79. The van der Waals surface area contributed by atoms with Crippen LogP contribution in [-0.2, 0) is 0 Å². The van der Waals surface area contributed by atoms with Crippen LogP contribution >= 0.6 is 11.3 Å². The lowest BCUT2D eigenvalue weighted by Gasteiger charge is -2.05. The molecule has 0 aliphatic heterocycles. The largest absolute Gasteiger partial charge is 0.399 e. The highest BCUT2D eigenvalue weighted by atomic mass is 32.1. The minimum absolute atomic E-state index is 0.547. The van der Waals surface area contributed by atoms with Crippen LogP contribution in [0, 0.1) is 0 Å². The fourth-order valence-electron chi connectivity index (χ4n) is 2.24. The number of hydrogen-bond acceptors (Lipinski definition) is 4. The predicted octanol–water partition coefficient (Wildman–Crippen LogP) is 5.26. The van der Waals surface area contributed by atoms with E-state index in [0.29, 0.717) is 5.92 Å². The van der Waals surface area contributed by atoms with E-state index in [0.717, 1.165) is 27.8 Å². The van der Waals surface area contributed by atoms with Gasteiger partial charge in [-0.1, -0.05) is 44.2 Å². The van der Waals surface area contributed by atoms with Crippen LogP contribution in [-0.4, -0.2) is 4.98 Å². The summed E-state index contributed by atoms with van der Waals surface area (Å²) < 4.78 is 0. The summed E-state index contributed by atoms with van der Waals surface area (Å²) in [6.45, 7) is 4.40. The van der Waals surface area contributed by atoms with Crippen molar-refractivity contribution < 1.29 is 0 Å². The Bertz CT molecular complexity index is 760. The highest BCUT2D eigenvalue weighted by Crippen LogP contribution is 2.28. The third-order valence-corrected chi connectivity index (χ3v) is 4.27. The topological polar surface area (TPSA) is 50.9 Å². The Labute approximate surface area is 134 Å². The average Bonchev–Trinajstić information content (AvgIpc) is 2.96. The molecule has 0 bridgehead atoms. The number of benzene rings is 2. The molecule has 3 rings (SSSR count). The molecule has 112 valence electrons. The van der Waals surface area contributed by atoms with Gasteiger partial charge in [-0.05, 0) is 29.7 Å². The minimum atomic E-state index is 0.547. The summed E-state index contributed by atoms with van der Waals surface area (Å²) in [6, 6.07) is 16.3. The third-order valence-electron chi connectivity index (χ3n) is 3.52. The van der Waals surface area contributed by atoms with Crippen LogP contribution in [0.3, 0.4) is 0 Å². The molecular weight excluding hydrogens is 290 g/mol. The zero-order chi connectivity index (χ0) is 15.5. The molecule has 1 heterocycles. The van der Waals surface area contributed by atoms with Crippen molar-refractivity contribution in [3.63, 3.8) is 0 Å². The number of nitrogens with one attached hydrogen (secondary N) is 1. The number of nitrogens with zero attached hydrogens (tertiary/aromatic N) is 1. The van der Waals surface area contributed by atoms with E-state index < -0.39 is 0 Å². The molecule has 0 radical (unpaired) electrons. The zero-order valence-corrected chi connectivity index (χ0v) is 13.5. The number of thiazole rings is 1. The van der Waals surface area contributed by atoms with E-state index in [4.69, 9.17) is 5.73 Å². The Hall–Kier alpha value is -2.33. The molecule has 22 heavy (non-hydrogen) atoms. The lowest BCUT2D eigenvalue weighted by molar-refractivity contribution is 0.867. The van der Waals surface area contributed by atoms with Crippen molar-refractivity contribution in [1.29, 1.82) is 0 Å². The molecule has 0 unspecified atom stereocenters. The number of aromatic nitrogens is 1. The van der Waals surface area contributed by atoms with E-state index >= 15 is 0 Å². The first kappa shape index (κ1) is 14.6. The van der Waals surface area contributed by atoms with Gasteiger partial charge in [-0.2, -0.15) is 0 Å². The molecule has 3 nitrogen and oxygen atoms in total. The highest BCUT2D eigenvalue weighted by Gasteiger charge is 2.06. The first-order valence-corrected chi connectivity index (χ1v) is 8.18. The quantitative estimate of drug-likeness (QED) is 0.646. The maximum Gasteiger partial charge on any atom is 0.187 e. The van der Waals surface area contributed by atoms with E-state index in [9.17, 15) is 0 Å². The van der Waals surface area contributed by atoms with Gasteiger partial charge >= 0.3 is 0 Å². The van der Waals surface area contributed by atoms with Crippen molar-refractivity contribution in [2.24, 2.45) is 0 Å². The van der Waals surface area contributed by atoms with Crippen molar-refractivity contribution in [2.75, 3.05) is 11.1 Å². The Balaban J connectivity index is 1.78. The summed E-state index contributed by atoms with van der Waals surface area (Å²) in [5.74, 6) is 0.547. The monoisotopic (exact) mass is 309 g/mol. The highest BCUT2D eigenvalue weighted by molar-refractivity contribution is 7.14. The molecule has 0 amide bonds. The van der Waals surface area contributed by atoms with Gasteiger partial charge in [0.15, 0.2) is 5.13 Å². The first-order valence-electron chi connectivity index (χ1n) is 7.30. The van der Waals surface area contributed by atoms with Gasteiger partial charge in [-0.15, -0.1) is 11.3 Å². The molecule has 0 fully saturated rings. The minimum Gasteiger partial charge on any atom is -0.399 e. The van der Waals surface area contributed by atoms with E-state index in [-0.39, 0.29) is 0 Å². The fraction of sp³-hybridized carbons (Fsp3) is 0.167. The summed E-state index contributed by atoms with van der Waals surface area (Å²) in [4.78, 5) is 4.65. The standard InChI is InChI=1S/C18H19N3S/c1-12(2)13-6-8-14(9-7-13)17-11-22-18(21-17)20-16-5-3-4-15(19)10-16/h3-12H,19H2,1-2H3,(H,20,21). The van der Waals surface area contributed by atoms with Crippen molar-refractivity contribution in [1.82, 2.24) is 4.98 Å². The summed E-state index contributed by atoms with van der Waals surface area (Å²) in [5.41, 5.74) is 11.0. The predicted molar refractivity (Wildman–Crippen MR) is 95.8 cm³/mol. The lowest BCUT2D eigenvalue weighted by atomic mass is 10.0. The van der Waals surface area contributed by atoms with E-state index in [1.165, 1.54) is 5.56 Å². The second kappa shape index (κ2) is 6.20. The molecule has 0 aliphatic rings. The van der Waals surface area contributed by atoms with Gasteiger partial charge in [-0.3, -0.25) is 0 Å². The summed E-state index contributed by atoms with van der Waals surface area (Å²) in [7, 11) is 0. The SMILES string of the molecule is CC(C)c1ccc(-c2csc(Nc3cccc(N)c3)n2)cc1. The molecule has 0 aliphatic carbocycles. The molecule has 2 aromatic carbocycles. The summed E-state index contributed by atoms with van der Waals surface area (Å²) >= 11 is 1.59. The fourth-order valence-corrected chi connectivity index (χ4v) is 2.98. The third kappa shape index (κ3) is 3.28. The van der Waals surface area contributed by atoms with Gasteiger partial charge in [0.05, 0.1) is 5.69 Å². The van der Waals surface area contributed by atoms with Gasteiger partial charge in [0, 0.05) is 22.3 Å². The van der Waals surface area contributed by atoms with Crippen molar-refractivity contribution in [3.05, 3.63) is 59.5 Å². The summed E-state index contributed by atoms with van der Waals surface area (Å²) in [5, 5.41) is 6.23. The molecule has 4 heteroatoms.